The van der Waals surface area contributed by atoms with Gasteiger partial charge in [-0.1, -0.05) is 20.8 Å². The number of nitrogens with one attached hydrogen (secondary N) is 1. The SMILES string of the molecule is COc1ccc(F)cc1-c1cc(=O)[nH]c(C(C)(C)C)n1. The van der Waals surface area contributed by atoms with Crippen LogP contribution in [0.4, 0.5) is 4.39 Å². The highest BCUT2D eigenvalue weighted by molar-refractivity contribution is 5.67. The van der Waals surface area contributed by atoms with Gasteiger partial charge in [0, 0.05) is 17.0 Å². The van der Waals surface area contributed by atoms with Crippen LogP contribution in [-0.2, 0) is 5.41 Å². The van der Waals surface area contributed by atoms with Crippen LogP contribution < -0.4 is 10.3 Å². The molecule has 4 nitrogen and oxygen atoms in total. The Morgan fingerprint density at radius 2 is 1.95 bits per heavy atom. The number of ether oxygens (including phenoxy) is 1. The number of rotatable bonds is 2. The molecule has 0 aliphatic heterocycles. The molecule has 5 heteroatoms. The molecule has 2 aromatic rings. The summed E-state index contributed by atoms with van der Waals surface area (Å²) in [6.45, 7) is 5.83. The Morgan fingerprint density at radius 1 is 1.25 bits per heavy atom. The second-order valence-corrected chi connectivity index (χ2v) is 5.57. The Morgan fingerprint density at radius 3 is 2.55 bits per heavy atom. The highest BCUT2D eigenvalue weighted by Gasteiger charge is 2.19. The lowest BCUT2D eigenvalue weighted by Crippen LogP contribution is -2.22. The molecule has 20 heavy (non-hydrogen) atoms. The van der Waals surface area contributed by atoms with Crippen LogP contribution in [0.5, 0.6) is 5.75 Å². The minimum absolute atomic E-state index is 0.272. The van der Waals surface area contributed by atoms with E-state index in [0.717, 1.165) is 0 Å². The number of halogens is 1. The first-order valence-corrected chi connectivity index (χ1v) is 6.27. The molecule has 1 N–H and O–H groups in total. The molecular weight excluding hydrogens is 259 g/mol. The first-order valence-electron chi connectivity index (χ1n) is 6.27. The maximum absolute atomic E-state index is 13.4. The molecule has 0 saturated carbocycles. The lowest BCUT2D eigenvalue weighted by molar-refractivity contribution is 0.415. The smallest absolute Gasteiger partial charge is 0.251 e. The maximum Gasteiger partial charge on any atom is 0.251 e. The molecule has 0 atom stereocenters. The minimum Gasteiger partial charge on any atom is -0.496 e. The summed E-state index contributed by atoms with van der Waals surface area (Å²) in [4.78, 5) is 18.9. The van der Waals surface area contributed by atoms with Crippen molar-refractivity contribution in [3.05, 3.63) is 46.3 Å². The minimum atomic E-state index is -0.403. The van der Waals surface area contributed by atoms with Crippen molar-refractivity contribution in [2.24, 2.45) is 0 Å². The second kappa shape index (κ2) is 5.07. The summed E-state index contributed by atoms with van der Waals surface area (Å²) in [5.74, 6) is 0.621. The molecule has 0 unspecified atom stereocenters. The van der Waals surface area contributed by atoms with Crippen LogP contribution in [0.1, 0.15) is 26.6 Å². The van der Waals surface area contributed by atoms with E-state index >= 15 is 0 Å². The van der Waals surface area contributed by atoms with Gasteiger partial charge in [0.15, 0.2) is 0 Å². The van der Waals surface area contributed by atoms with Gasteiger partial charge < -0.3 is 9.72 Å². The van der Waals surface area contributed by atoms with E-state index in [1.165, 1.54) is 31.4 Å². The summed E-state index contributed by atoms with van der Waals surface area (Å²) in [6.07, 6.45) is 0. The van der Waals surface area contributed by atoms with Gasteiger partial charge in [0.25, 0.3) is 5.56 Å². The summed E-state index contributed by atoms with van der Waals surface area (Å²) in [6, 6.07) is 5.48. The van der Waals surface area contributed by atoms with E-state index in [-0.39, 0.29) is 11.0 Å². The molecule has 1 aromatic heterocycles. The average Bonchev–Trinajstić information content (AvgIpc) is 2.37. The van der Waals surface area contributed by atoms with Crippen LogP contribution in [-0.4, -0.2) is 17.1 Å². The highest BCUT2D eigenvalue weighted by Crippen LogP contribution is 2.29. The Hall–Kier alpha value is -2.17. The maximum atomic E-state index is 13.4. The molecule has 0 radical (unpaired) electrons. The molecule has 0 fully saturated rings. The molecule has 0 aliphatic rings. The van der Waals surface area contributed by atoms with Crippen molar-refractivity contribution >= 4 is 0 Å². The van der Waals surface area contributed by atoms with Crippen molar-refractivity contribution in [3.63, 3.8) is 0 Å². The van der Waals surface area contributed by atoms with E-state index in [9.17, 15) is 9.18 Å². The molecule has 2 rings (SSSR count). The first-order chi connectivity index (χ1) is 9.31. The molecule has 1 aromatic carbocycles. The zero-order valence-corrected chi connectivity index (χ0v) is 12.0. The van der Waals surface area contributed by atoms with Crippen molar-refractivity contribution in [1.29, 1.82) is 0 Å². The van der Waals surface area contributed by atoms with Crippen LogP contribution in [0, 0.1) is 5.82 Å². The summed E-state index contributed by atoms with van der Waals surface area (Å²) in [5, 5.41) is 0. The van der Waals surface area contributed by atoms with Gasteiger partial charge in [-0.15, -0.1) is 0 Å². The zero-order chi connectivity index (χ0) is 14.9. The van der Waals surface area contributed by atoms with Crippen molar-refractivity contribution in [2.45, 2.75) is 26.2 Å². The molecule has 0 spiro atoms. The largest absolute Gasteiger partial charge is 0.496 e. The van der Waals surface area contributed by atoms with Crippen molar-refractivity contribution in [2.75, 3.05) is 7.11 Å². The molecule has 0 amide bonds. The number of aromatic nitrogens is 2. The quantitative estimate of drug-likeness (QED) is 0.917. The summed E-state index contributed by atoms with van der Waals surface area (Å²) < 4.78 is 18.6. The van der Waals surface area contributed by atoms with E-state index < -0.39 is 5.82 Å². The van der Waals surface area contributed by atoms with Gasteiger partial charge in [0.05, 0.1) is 12.8 Å². The number of nitrogens with zero attached hydrogens (tertiary/aromatic N) is 1. The summed E-state index contributed by atoms with van der Waals surface area (Å²) >= 11 is 0. The summed E-state index contributed by atoms with van der Waals surface area (Å²) in [7, 11) is 1.49. The predicted octanol–water partition coefficient (Wildman–Crippen LogP) is 2.88. The van der Waals surface area contributed by atoms with Crippen molar-refractivity contribution in [1.82, 2.24) is 9.97 Å². The second-order valence-electron chi connectivity index (χ2n) is 5.57. The third-order valence-corrected chi connectivity index (χ3v) is 2.89. The van der Waals surface area contributed by atoms with Gasteiger partial charge in [-0.2, -0.15) is 0 Å². The molecule has 106 valence electrons. The Bertz CT molecular complexity index is 687. The normalized spacial score (nSPS) is 11.4. The average molecular weight is 276 g/mol. The Balaban J connectivity index is 2.67. The van der Waals surface area contributed by atoms with Crippen LogP contribution in [0.3, 0.4) is 0 Å². The molecule has 0 bridgehead atoms. The van der Waals surface area contributed by atoms with Gasteiger partial charge in [-0.3, -0.25) is 4.79 Å². The van der Waals surface area contributed by atoms with Crippen LogP contribution in [0.15, 0.2) is 29.1 Å². The molecular formula is C15H17FN2O2. The van der Waals surface area contributed by atoms with Gasteiger partial charge in [-0.05, 0) is 18.2 Å². The lowest BCUT2D eigenvalue weighted by atomic mass is 9.95. The Labute approximate surface area is 116 Å². The monoisotopic (exact) mass is 276 g/mol. The molecule has 0 saturated heterocycles. The number of methoxy groups -OCH3 is 1. The fourth-order valence-electron chi connectivity index (χ4n) is 1.83. The van der Waals surface area contributed by atoms with Crippen molar-refractivity contribution in [3.8, 4) is 17.0 Å². The highest BCUT2D eigenvalue weighted by atomic mass is 19.1. The van der Waals surface area contributed by atoms with Gasteiger partial charge >= 0.3 is 0 Å². The lowest BCUT2D eigenvalue weighted by Gasteiger charge is -2.18. The van der Waals surface area contributed by atoms with Crippen molar-refractivity contribution < 1.29 is 9.13 Å². The third kappa shape index (κ3) is 2.87. The fourth-order valence-corrected chi connectivity index (χ4v) is 1.83. The van der Waals surface area contributed by atoms with E-state index in [0.29, 0.717) is 22.8 Å². The van der Waals surface area contributed by atoms with Gasteiger partial charge in [0.2, 0.25) is 0 Å². The zero-order valence-electron chi connectivity index (χ0n) is 12.0. The fraction of sp³-hybridized carbons (Fsp3) is 0.333. The topological polar surface area (TPSA) is 55.0 Å². The number of aromatic amines is 1. The van der Waals surface area contributed by atoms with E-state index in [1.54, 1.807) is 0 Å². The Kier molecular flexibility index (Phi) is 3.61. The first kappa shape index (κ1) is 14.2. The summed E-state index contributed by atoms with van der Waals surface area (Å²) in [5.41, 5.74) is 0.279. The van der Waals surface area contributed by atoms with Crippen LogP contribution in [0.25, 0.3) is 11.3 Å². The standard InChI is InChI=1S/C15H17FN2O2/c1-15(2,3)14-17-11(8-13(19)18-14)10-7-9(16)5-6-12(10)20-4/h5-8H,1-4H3,(H,17,18,19). The third-order valence-electron chi connectivity index (χ3n) is 2.89. The number of hydrogen-bond acceptors (Lipinski definition) is 3. The van der Waals surface area contributed by atoms with Gasteiger partial charge in [0.1, 0.15) is 17.4 Å². The van der Waals surface area contributed by atoms with E-state index in [1.807, 2.05) is 20.8 Å². The predicted molar refractivity (Wildman–Crippen MR) is 75.5 cm³/mol. The number of hydrogen-bond donors (Lipinski definition) is 1. The van der Waals surface area contributed by atoms with Gasteiger partial charge in [-0.25, -0.2) is 9.37 Å². The number of H-pyrrole nitrogens is 1. The molecule has 1 heterocycles. The molecule has 0 aliphatic carbocycles. The van der Waals surface area contributed by atoms with E-state index in [4.69, 9.17) is 4.74 Å². The van der Waals surface area contributed by atoms with Crippen LogP contribution >= 0.6 is 0 Å². The van der Waals surface area contributed by atoms with Crippen LogP contribution in [0.2, 0.25) is 0 Å². The number of benzene rings is 1. The van der Waals surface area contributed by atoms with E-state index in [2.05, 4.69) is 9.97 Å².